The van der Waals surface area contributed by atoms with Gasteiger partial charge in [-0.05, 0) is 124 Å². The number of fused-ring (bicyclic) bond motifs is 5. The van der Waals surface area contributed by atoms with E-state index in [9.17, 15) is 15.3 Å². The Morgan fingerprint density at radius 3 is 2.06 bits per heavy atom. The zero-order valence-corrected chi connectivity index (χ0v) is 23.2. The quantitative estimate of drug-likeness (QED) is 0.453. The van der Waals surface area contributed by atoms with Crippen molar-refractivity contribution in [2.24, 2.45) is 45.3 Å². The predicted molar refractivity (Wildman–Crippen MR) is 135 cm³/mol. The van der Waals surface area contributed by atoms with Gasteiger partial charge in [0.1, 0.15) is 0 Å². The van der Waals surface area contributed by atoms with Gasteiger partial charge in [0.2, 0.25) is 0 Å². The zero-order valence-electron chi connectivity index (χ0n) is 23.2. The lowest BCUT2D eigenvalue weighted by atomic mass is 9.34. The number of aliphatic hydroxyl groups excluding tert-OH is 3. The van der Waals surface area contributed by atoms with Crippen LogP contribution in [0.1, 0.15) is 113 Å². The molecule has 0 aromatic rings. The van der Waals surface area contributed by atoms with Crippen LogP contribution in [0, 0.1) is 45.3 Å². The molecule has 5 aliphatic rings. The minimum Gasteiger partial charge on any atom is -0.393 e. The highest BCUT2D eigenvalue weighted by molar-refractivity contribution is 5.21. The van der Waals surface area contributed by atoms with Crippen molar-refractivity contribution in [2.75, 3.05) is 0 Å². The van der Waals surface area contributed by atoms with Gasteiger partial charge in [0, 0.05) is 0 Å². The van der Waals surface area contributed by atoms with Crippen molar-refractivity contribution < 1.29 is 20.1 Å². The van der Waals surface area contributed by atoms with Gasteiger partial charge < -0.3 is 20.1 Å². The van der Waals surface area contributed by atoms with E-state index in [-0.39, 0.29) is 56.9 Å². The van der Waals surface area contributed by atoms with Crippen LogP contribution in [0.5, 0.6) is 0 Å². The summed E-state index contributed by atoms with van der Waals surface area (Å²) in [7, 11) is 0. The average Bonchev–Trinajstić information content (AvgIpc) is 3.07. The molecule has 0 bridgehead atoms. The van der Waals surface area contributed by atoms with Crippen LogP contribution in [0.25, 0.3) is 0 Å². The molecular weight excluding hydrogens is 424 g/mol. The predicted octanol–water partition coefficient (Wildman–Crippen LogP) is 5.71. The van der Waals surface area contributed by atoms with Gasteiger partial charge in [-0.1, -0.05) is 34.6 Å². The van der Waals surface area contributed by atoms with Crippen molar-refractivity contribution >= 4 is 0 Å². The molecule has 0 aromatic heterocycles. The Morgan fingerprint density at radius 2 is 1.41 bits per heavy atom. The molecule has 0 unspecified atom stereocenters. The Balaban J connectivity index is 1.54. The Kier molecular flexibility index (Phi) is 5.59. The van der Waals surface area contributed by atoms with Crippen molar-refractivity contribution in [3.05, 3.63) is 0 Å². The van der Waals surface area contributed by atoms with Crippen molar-refractivity contribution in [1.29, 1.82) is 0 Å². The Bertz CT molecular complexity index is 823. The maximum absolute atomic E-state index is 11.9. The first-order chi connectivity index (χ1) is 15.5. The number of ether oxygens (including phenoxy) is 1. The van der Waals surface area contributed by atoms with E-state index in [0.29, 0.717) is 11.8 Å². The van der Waals surface area contributed by atoms with E-state index >= 15 is 0 Å². The molecule has 1 aliphatic heterocycles. The van der Waals surface area contributed by atoms with E-state index in [1.807, 2.05) is 0 Å². The normalized spacial score (nSPS) is 58.5. The SMILES string of the molecule is CC1(C)CCC[C@](C)([C@@H]2CC[C@]3(C)[C@@H]2[C@H](O)C[C@@H]2[C@]4(C)CC[C@H](O)C(C)(C)[C@@H]4[C@@H](O)C[C@@]23C)O1. The van der Waals surface area contributed by atoms with Gasteiger partial charge in [0.25, 0.3) is 0 Å². The lowest BCUT2D eigenvalue weighted by molar-refractivity contribution is -0.279. The first-order valence-corrected chi connectivity index (χ1v) is 14.3. The molecule has 4 aliphatic carbocycles. The molecule has 1 heterocycles. The summed E-state index contributed by atoms with van der Waals surface area (Å²) in [5.41, 5.74) is -0.739. The van der Waals surface area contributed by atoms with Crippen molar-refractivity contribution in [3.63, 3.8) is 0 Å². The fourth-order valence-corrected chi connectivity index (χ4v) is 11.5. The minimum absolute atomic E-state index is 0.0247. The fourth-order valence-electron chi connectivity index (χ4n) is 11.5. The molecule has 0 radical (unpaired) electrons. The number of hydrogen-bond acceptors (Lipinski definition) is 4. The second-order valence-corrected chi connectivity index (χ2v) is 15.5. The molecule has 0 spiro atoms. The highest BCUT2D eigenvalue weighted by Gasteiger charge is 2.73. The summed E-state index contributed by atoms with van der Waals surface area (Å²) in [6.07, 6.45) is 7.79. The highest BCUT2D eigenvalue weighted by Crippen LogP contribution is 2.76. The molecule has 11 atom stereocenters. The minimum atomic E-state index is -0.414. The van der Waals surface area contributed by atoms with Crippen molar-refractivity contribution in [3.8, 4) is 0 Å². The molecule has 0 amide bonds. The van der Waals surface area contributed by atoms with E-state index in [2.05, 4.69) is 55.4 Å². The molecule has 196 valence electrons. The lowest BCUT2D eigenvalue weighted by Gasteiger charge is -2.71. The third-order valence-electron chi connectivity index (χ3n) is 13.0. The fraction of sp³-hybridized carbons (Fsp3) is 1.00. The van der Waals surface area contributed by atoms with E-state index in [1.165, 1.54) is 6.42 Å². The summed E-state index contributed by atoms with van der Waals surface area (Å²) in [5.74, 6) is 0.984. The Labute approximate surface area is 208 Å². The molecule has 5 rings (SSSR count). The number of hydrogen-bond donors (Lipinski definition) is 3. The molecule has 4 heteroatoms. The molecule has 3 N–H and O–H groups in total. The molecule has 5 fully saturated rings. The molecule has 4 nitrogen and oxygen atoms in total. The zero-order chi connectivity index (χ0) is 25.1. The van der Waals surface area contributed by atoms with Gasteiger partial charge in [-0.2, -0.15) is 0 Å². The second kappa shape index (κ2) is 7.45. The monoisotopic (exact) mass is 476 g/mol. The standard InChI is InChI=1S/C30H52O4/c1-25(2)12-9-13-30(8,34-25)18-10-15-28(6)23(18)19(31)16-21-27(5)14-11-22(33)26(3,4)24(27)20(32)17-29(21,28)7/h18-24,31-33H,9-17H2,1-8H3/t18-,19-,20+,21-,22+,23+,24+,27+,28-,29+,30-/m1/s1. The van der Waals surface area contributed by atoms with Crippen molar-refractivity contribution in [1.82, 2.24) is 0 Å². The Morgan fingerprint density at radius 1 is 0.735 bits per heavy atom. The summed E-state index contributed by atoms with van der Waals surface area (Å²) >= 11 is 0. The summed E-state index contributed by atoms with van der Waals surface area (Å²) in [4.78, 5) is 0. The van der Waals surface area contributed by atoms with Gasteiger partial charge in [-0.25, -0.2) is 0 Å². The first-order valence-electron chi connectivity index (χ1n) is 14.3. The van der Waals surface area contributed by atoms with Gasteiger partial charge in [-0.3, -0.25) is 0 Å². The summed E-state index contributed by atoms with van der Waals surface area (Å²) < 4.78 is 6.83. The maximum Gasteiger partial charge on any atom is 0.0693 e. The molecule has 0 aromatic carbocycles. The van der Waals surface area contributed by atoms with Crippen LogP contribution in [0.4, 0.5) is 0 Å². The van der Waals surface area contributed by atoms with Gasteiger partial charge in [-0.15, -0.1) is 0 Å². The second-order valence-electron chi connectivity index (χ2n) is 15.5. The average molecular weight is 477 g/mol. The largest absolute Gasteiger partial charge is 0.393 e. The third-order valence-corrected chi connectivity index (χ3v) is 13.0. The van der Waals surface area contributed by atoms with E-state index in [4.69, 9.17) is 4.74 Å². The topological polar surface area (TPSA) is 69.9 Å². The first kappa shape index (κ1) is 25.5. The van der Waals surface area contributed by atoms with E-state index in [1.54, 1.807) is 0 Å². The highest BCUT2D eigenvalue weighted by atomic mass is 16.5. The maximum atomic E-state index is 11.9. The van der Waals surface area contributed by atoms with Crippen LogP contribution < -0.4 is 0 Å². The van der Waals surface area contributed by atoms with Crippen LogP contribution in [-0.4, -0.2) is 44.8 Å². The molecule has 4 saturated carbocycles. The van der Waals surface area contributed by atoms with Gasteiger partial charge in [0.15, 0.2) is 0 Å². The lowest BCUT2D eigenvalue weighted by Crippen LogP contribution is -2.70. The summed E-state index contributed by atoms with van der Waals surface area (Å²) in [6, 6.07) is 0. The number of rotatable bonds is 1. The van der Waals surface area contributed by atoms with Gasteiger partial charge >= 0.3 is 0 Å². The summed E-state index contributed by atoms with van der Waals surface area (Å²) in [5, 5.41) is 34.6. The van der Waals surface area contributed by atoms with Crippen LogP contribution in [-0.2, 0) is 4.74 Å². The van der Waals surface area contributed by atoms with Crippen LogP contribution in [0.3, 0.4) is 0 Å². The van der Waals surface area contributed by atoms with Gasteiger partial charge in [0.05, 0.1) is 29.5 Å². The number of aliphatic hydroxyl groups is 3. The molecule has 1 saturated heterocycles. The molecular formula is C30H52O4. The van der Waals surface area contributed by atoms with E-state index < -0.39 is 6.10 Å². The summed E-state index contributed by atoms with van der Waals surface area (Å²) in [6.45, 7) is 18.4. The molecule has 34 heavy (non-hydrogen) atoms. The third kappa shape index (κ3) is 3.16. The van der Waals surface area contributed by atoms with E-state index in [0.717, 1.165) is 51.4 Å². The van der Waals surface area contributed by atoms with Crippen LogP contribution in [0.15, 0.2) is 0 Å². The van der Waals surface area contributed by atoms with Crippen molar-refractivity contribution in [2.45, 2.75) is 143 Å². The van der Waals surface area contributed by atoms with Crippen LogP contribution in [0.2, 0.25) is 0 Å². The van der Waals surface area contributed by atoms with Crippen LogP contribution >= 0.6 is 0 Å². The Hall–Kier alpha value is -0.160. The smallest absolute Gasteiger partial charge is 0.0693 e.